The minimum atomic E-state index is -0.0403. The first kappa shape index (κ1) is 22.5. The van der Waals surface area contributed by atoms with Crippen LogP contribution in [0.15, 0.2) is 71.7 Å². The Bertz CT molecular complexity index is 1440. The van der Waals surface area contributed by atoms with Crippen LogP contribution in [-0.2, 0) is 6.42 Å². The van der Waals surface area contributed by atoms with Crippen molar-refractivity contribution >= 4 is 34.0 Å². The highest BCUT2D eigenvalue weighted by molar-refractivity contribution is 5.76. The third-order valence-corrected chi connectivity index (χ3v) is 7.37. The Labute approximate surface area is 210 Å². The van der Waals surface area contributed by atoms with E-state index in [1.807, 2.05) is 10.6 Å². The molecule has 0 amide bonds. The average Bonchev–Trinajstić information content (AvgIpc) is 2.89. The van der Waals surface area contributed by atoms with E-state index in [0.717, 1.165) is 50.2 Å². The van der Waals surface area contributed by atoms with Gasteiger partial charge < -0.3 is 20.0 Å². The number of benzene rings is 2. The summed E-state index contributed by atoms with van der Waals surface area (Å²) in [7, 11) is 4.24. The lowest BCUT2D eigenvalue weighted by atomic mass is 9.98. The summed E-state index contributed by atoms with van der Waals surface area (Å²) in [6.07, 6.45) is 2.58. The van der Waals surface area contributed by atoms with E-state index < -0.39 is 0 Å². The van der Waals surface area contributed by atoms with Crippen LogP contribution < -0.4 is 20.7 Å². The molecule has 2 aliphatic rings. The molecule has 2 aromatic carbocycles. The fraction of sp³-hybridized carbons (Fsp3) is 0.321. The SMILES string of the molecule is CN1CCN(c2ccc(Nc3ncc4ccc(=O)n(C5Cc6ccccc6N(C)C5)c4n3)cc2)CC1. The highest BCUT2D eigenvalue weighted by atomic mass is 16.1. The van der Waals surface area contributed by atoms with Gasteiger partial charge in [0.2, 0.25) is 5.95 Å². The summed E-state index contributed by atoms with van der Waals surface area (Å²) < 4.78 is 1.84. The van der Waals surface area contributed by atoms with Gasteiger partial charge in [0.25, 0.3) is 5.56 Å². The van der Waals surface area contributed by atoms with Crippen molar-refractivity contribution < 1.29 is 0 Å². The van der Waals surface area contributed by atoms with Crippen molar-refractivity contribution in [3.05, 3.63) is 82.8 Å². The van der Waals surface area contributed by atoms with Crippen LogP contribution in [-0.4, -0.2) is 66.3 Å². The number of piperazine rings is 1. The number of hydrogen-bond acceptors (Lipinski definition) is 7. The van der Waals surface area contributed by atoms with Crippen molar-refractivity contribution in [2.24, 2.45) is 0 Å². The number of aromatic nitrogens is 3. The van der Waals surface area contributed by atoms with Crippen LogP contribution in [0.1, 0.15) is 11.6 Å². The molecule has 184 valence electrons. The molecule has 2 aliphatic heterocycles. The van der Waals surface area contributed by atoms with Gasteiger partial charge in [-0.1, -0.05) is 18.2 Å². The molecule has 0 aliphatic carbocycles. The molecule has 0 radical (unpaired) electrons. The van der Waals surface area contributed by atoms with Crippen LogP contribution in [0.5, 0.6) is 0 Å². The number of pyridine rings is 1. The normalized spacial score (nSPS) is 18.3. The molecule has 2 aromatic heterocycles. The Morgan fingerprint density at radius 3 is 2.50 bits per heavy atom. The molecule has 0 bridgehead atoms. The first-order chi connectivity index (χ1) is 17.5. The molecule has 4 aromatic rings. The van der Waals surface area contributed by atoms with Crippen molar-refractivity contribution in [3.63, 3.8) is 0 Å². The molecule has 1 unspecified atom stereocenters. The minimum Gasteiger partial charge on any atom is -0.372 e. The van der Waals surface area contributed by atoms with Crippen molar-refractivity contribution in [2.45, 2.75) is 12.5 Å². The predicted molar refractivity (Wildman–Crippen MR) is 146 cm³/mol. The Hall–Kier alpha value is -3.91. The monoisotopic (exact) mass is 481 g/mol. The zero-order valence-electron chi connectivity index (χ0n) is 20.8. The van der Waals surface area contributed by atoms with E-state index in [-0.39, 0.29) is 11.6 Å². The smallest absolute Gasteiger partial charge is 0.252 e. The van der Waals surface area contributed by atoms with Crippen molar-refractivity contribution in [3.8, 4) is 0 Å². The van der Waals surface area contributed by atoms with E-state index in [1.54, 1.807) is 12.3 Å². The third-order valence-electron chi connectivity index (χ3n) is 7.37. The van der Waals surface area contributed by atoms with E-state index >= 15 is 0 Å². The molecule has 6 rings (SSSR count). The molecule has 36 heavy (non-hydrogen) atoms. The highest BCUT2D eigenvalue weighted by Crippen LogP contribution is 2.31. The van der Waals surface area contributed by atoms with Gasteiger partial charge in [-0.3, -0.25) is 9.36 Å². The summed E-state index contributed by atoms with van der Waals surface area (Å²) in [5.74, 6) is 0.485. The lowest BCUT2D eigenvalue weighted by molar-refractivity contribution is 0.313. The second kappa shape index (κ2) is 9.28. The zero-order chi connectivity index (χ0) is 24.6. The summed E-state index contributed by atoms with van der Waals surface area (Å²) >= 11 is 0. The summed E-state index contributed by atoms with van der Waals surface area (Å²) in [4.78, 5) is 29.4. The van der Waals surface area contributed by atoms with Gasteiger partial charge in [-0.25, -0.2) is 4.98 Å². The maximum atomic E-state index is 13.1. The Balaban J connectivity index is 1.28. The largest absolute Gasteiger partial charge is 0.372 e. The van der Waals surface area contributed by atoms with Gasteiger partial charge in [-0.15, -0.1) is 0 Å². The molecule has 1 atom stereocenters. The number of para-hydroxylation sites is 1. The topological polar surface area (TPSA) is 69.5 Å². The van der Waals surface area contributed by atoms with E-state index in [4.69, 9.17) is 4.98 Å². The standard InChI is InChI=1S/C28H31N7O/c1-32-13-15-34(16-14-32)23-10-8-22(9-11-23)30-28-29-18-21-7-12-26(36)35(27(21)31-28)24-17-20-5-3-4-6-25(20)33(2)19-24/h3-12,18,24H,13-17,19H2,1-2H3,(H,29,30,31). The summed E-state index contributed by atoms with van der Waals surface area (Å²) in [5, 5.41) is 4.19. The molecule has 1 fully saturated rings. The van der Waals surface area contributed by atoms with Crippen LogP contribution in [0, 0.1) is 0 Å². The molecular formula is C28H31N7O. The molecule has 0 spiro atoms. The van der Waals surface area contributed by atoms with Crippen LogP contribution in [0.3, 0.4) is 0 Å². The van der Waals surface area contributed by atoms with Gasteiger partial charge in [-0.05, 0) is 55.4 Å². The predicted octanol–water partition coefficient (Wildman–Crippen LogP) is 3.52. The Kier molecular flexibility index (Phi) is 5.81. The molecular weight excluding hydrogens is 450 g/mol. The van der Waals surface area contributed by atoms with Gasteiger partial charge in [0.15, 0.2) is 0 Å². The fourth-order valence-electron chi connectivity index (χ4n) is 5.36. The molecule has 8 nitrogen and oxygen atoms in total. The zero-order valence-corrected chi connectivity index (χ0v) is 20.8. The van der Waals surface area contributed by atoms with Gasteiger partial charge in [-0.2, -0.15) is 4.98 Å². The van der Waals surface area contributed by atoms with Gasteiger partial charge >= 0.3 is 0 Å². The fourth-order valence-corrected chi connectivity index (χ4v) is 5.36. The van der Waals surface area contributed by atoms with E-state index in [2.05, 4.69) is 87.6 Å². The van der Waals surface area contributed by atoms with E-state index in [1.165, 1.54) is 16.9 Å². The number of likely N-dealkylation sites (N-methyl/N-ethyl adjacent to an activating group) is 2. The Morgan fingerprint density at radius 1 is 0.917 bits per heavy atom. The number of fused-ring (bicyclic) bond motifs is 2. The number of rotatable bonds is 4. The van der Waals surface area contributed by atoms with Crippen molar-refractivity contribution in [1.29, 1.82) is 0 Å². The van der Waals surface area contributed by atoms with E-state index in [0.29, 0.717) is 11.6 Å². The van der Waals surface area contributed by atoms with Crippen molar-refractivity contribution in [2.75, 3.05) is 61.9 Å². The molecule has 0 saturated carbocycles. The quantitative estimate of drug-likeness (QED) is 0.478. The summed E-state index contributed by atoms with van der Waals surface area (Å²) in [6.45, 7) is 4.98. The summed E-state index contributed by atoms with van der Waals surface area (Å²) in [6, 6.07) is 20.2. The number of nitrogens with zero attached hydrogens (tertiary/aromatic N) is 6. The van der Waals surface area contributed by atoms with Crippen molar-refractivity contribution in [1.82, 2.24) is 19.4 Å². The highest BCUT2D eigenvalue weighted by Gasteiger charge is 2.25. The third kappa shape index (κ3) is 4.28. The maximum Gasteiger partial charge on any atom is 0.252 e. The lowest BCUT2D eigenvalue weighted by Gasteiger charge is -2.34. The lowest BCUT2D eigenvalue weighted by Crippen LogP contribution is -2.44. The number of anilines is 4. The Morgan fingerprint density at radius 2 is 1.69 bits per heavy atom. The molecule has 4 heterocycles. The van der Waals surface area contributed by atoms with Crippen LogP contribution >= 0.6 is 0 Å². The maximum absolute atomic E-state index is 13.1. The average molecular weight is 482 g/mol. The van der Waals surface area contributed by atoms with Crippen LogP contribution in [0.25, 0.3) is 11.0 Å². The number of hydrogen-bond donors (Lipinski definition) is 1. The van der Waals surface area contributed by atoms with Crippen LogP contribution in [0.2, 0.25) is 0 Å². The van der Waals surface area contributed by atoms with E-state index in [9.17, 15) is 4.79 Å². The molecule has 1 N–H and O–H groups in total. The number of nitrogens with one attached hydrogen (secondary N) is 1. The minimum absolute atomic E-state index is 0.00767. The summed E-state index contributed by atoms with van der Waals surface area (Å²) in [5.41, 5.74) is 5.23. The second-order valence-corrected chi connectivity index (χ2v) is 9.84. The second-order valence-electron chi connectivity index (χ2n) is 9.84. The van der Waals surface area contributed by atoms with Gasteiger partial charge in [0.05, 0.1) is 6.04 Å². The van der Waals surface area contributed by atoms with Gasteiger partial charge in [0, 0.05) is 74.5 Å². The first-order valence-corrected chi connectivity index (χ1v) is 12.5. The van der Waals surface area contributed by atoms with Gasteiger partial charge in [0.1, 0.15) is 5.65 Å². The first-order valence-electron chi connectivity index (χ1n) is 12.5. The molecule has 8 heteroatoms. The molecule has 1 saturated heterocycles. The van der Waals surface area contributed by atoms with Crippen LogP contribution in [0.4, 0.5) is 23.0 Å².